The summed E-state index contributed by atoms with van der Waals surface area (Å²) in [6.07, 6.45) is 12.2. The van der Waals surface area contributed by atoms with Crippen molar-refractivity contribution in [1.82, 2.24) is 0 Å². The summed E-state index contributed by atoms with van der Waals surface area (Å²) < 4.78 is 0. The molecule has 4 fully saturated rings. The predicted octanol–water partition coefficient (Wildman–Crippen LogP) is 5.17. The largest absolute Gasteiger partial charge is 0.390 e. The Hall–Kier alpha value is -0.0400. The van der Waals surface area contributed by atoms with E-state index in [0.717, 1.165) is 18.3 Å². The molecule has 0 aromatic rings. The Bertz CT molecular complexity index is 451. The van der Waals surface area contributed by atoms with Crippen LogP contribution in [0.2, 0.25) is 0 Å². The lowest BCUT2D eigenvalue weighted by molar-refractivity contribution is -0.145. The molecule has 2 unspecified atom stereocenters. The Morgan fingerprint density at radius 1 is 0.857 bits per heavy atom. The third kappa shape index (κ3) is 1.79. The molecule has 0 amide bonds. The minimum Gasteiger partial charge on any atom is -0.390 e. The molecular weight excluding hydrogens is 256 g/mol. The molecule has 6 atom stereocenters. The van der Waals surface area contributed by atoms with Crippen LogP contribution in [-0.4, -0.2) is 10.7 Å². The number of hydrogen-bond acceptors (Lipinski definition) is 1. The molecule has 1 nitrogen and oxygen atoms in total. The fraction of sp³-hybridized carbons (Fsp3) is 1.00. The van der Waals surface area contributed by atoms with Crippen LogP contribution in [0.1, 0.15) is 85.5 Å². The van der Waals surface area contributed by atoms with E-state index in [4.69, 9.17) is 0 Å². The Balaban J connectivity index is 1.73. The third-order valence-electron chi connectivity index (χ3n) is 8.79. The summed E-state index contributed by atoms with van der Waals surface area (Å²) in [7, 11) is 0. The van der Waals surface area contributed by atoms with Crippen molar-refractivity contribution in [3.8, 4) is 0 Å². The summed E-state index contributed by atoms with van der Waals surface area (Å²) >= 11 is 0. The smallest absolute Gasteiger partial charge is 0.0653 e. The van der Waals surface area contributed by atoms with Gasteiger partial charge in [-0.2, -0.15) is 0 Å². The average molecular weight is 290 g/mol. The highest BCUT2D eigenvalue weighted by Crippen LogP contribution is 2.72. The van der Waals surface area contributed by atoms with Gasteiger partial charge in [-0.25, -0.2) is 0 Å². The normalized spacial score (nSPS) is 58.4. The van der Waals surface area contributed by atoms with Gasteiger partial charge in [0.05, 0.1) is 5.60 Å². The Morgan fingerprint density at radius 3 is 2.38 bits per heavy atom. The van der Waals surface area contributed by atoms with Gasteiger partial charge < -0.3 is 5.11 Å². The summed E-state index contributed by atoms with van der Waals surface area (Å²) in [5.41, 5.74) is 1.20. The molecule has 21 heavy (non-hydrogen) atoms. The van der Waals surface area contributed by atoms with Crippen molar-refractivity contribution < 1.29 is 5.11 Å². The van der Waals surface area contributed by atoms with E-state index in [0.29, 0.717) is 22.2 Å². The van der Waals surface area contributed by atoms with Crippen molar-refractivity contribution in [3.05, 3.63) is 0 Å². The molecule has 0 heterocycles. The van der Waals surface area contributed by atoms with Crippen molar-refractivity contribution >= 4 is 0 Å². The van der Waals surface area contributed by atoms with Crippen molar-refractivity contribution in [2.24, 2.45) is 34.0 Å². The lowest BCUT2D eigenvalue weighted by Crippen LogP contribution is -2.55. The zero-order valence-corrected chi connectivity index (χ0v) is 14.5. The maximum atomic E-state index is 10.9. The number of rotatable bonds is 0. The maximum absolute atomic E-state index is 10.9. The molecule has 1 heteroatoms. The van der Waals surface area contributed by atoms with E-state index in [1.54, 1.807) is 0 Å². The molecule has 0 aromatic carbocycles. The van der Waals surface area contributed by atoms with Gasteiger partial charge >= 0.3 is 0 Å². The first kappa shape index (κ1) is 14.5. The van der Waals surface area contributed by atoms with Crippen LogP contribution in [-0.2, 0) is 0 Å². The summed E-state index contributed by atoms with van der Waals surface area (Å²) in [4.78, 5) is 0. The first-order chi connectivity index (χ1) is 9.70. The van der Waals surface area contributed by atoms with Crippen molar-refractivity contribution in [1.29, 1.82) is 0 Å². The first-order valence-corrected chi connectivity index (χ1v) is 9.42. The van der Waals surface area contributed by atoms with Crippen LogP contribution in [0.15, 0.2) is 0 Å². The zero-order valence-electron chi connectivity index (χ0n) is 14.5. The average Bonchev–Trinajstić information content (AvgIpc) is 2.53. The molecular formula is C20H34O. The van der Waals surface area contributed by atoms with Crippen molar-refractivity contribution in [2.75, 3.05) is 0 Å². The molecule has 4 rings (SSSR count). The van der Waals surface area contributed by atoms with Crippen LogP contribution in [0, 0.1) is 34.0 Å². The topological polar surface area (TPSA) is 20.2 Å². The van der Waals surface area contributed by atoms with E-state index >= 15 is 0 Å². The minimum atomic E-state index is -0.373. The fourth-order valence-electron chi connectivity index (χ4n) is 8.12. The van der Waals surface area contributed by atoms with Crippen molar-refractivity contribution in [3.63, 3.8) is 0 Å². The highest BCUT2D eigenvalue weighted by Gasteiger charge is 2.65. The van der Waals surface area contributed by atoms with E-state index in [-0.39, 0.29) is 5.60 Å². The van der Waals surface area contributed by atoms with Crippen LogP contribution in [0.5, 0.6) is 0 Å². The van der Waals surface area contributed by atoms with Gasteiger partial charge in [-0.15, -0.1) is 0 Å². The summed E-state index contributed by atoms with van der Waals surface area (Å²) in [6, 6.07) is 0. The second-order valence-electron chi connectivity index (χ2n) is 10.4. The number of aliphatic hydroxyl groups is 1. The molecule has 0 aromatic heterocycles. The molecule has 0 aliphatic heterocycles. The quantitative estimate of drug-likeness (QED) is 0.652. The highest BCUT2D eigenvalue weighted by molar-refractivity contribution is 5.15. The second kappa shape index (κ2) is 4.08. The molecule has 2 bridgehead atoms. The Labute approximate surface area is 130 Å². The minimum absolute atomic E-state index is 0.373. The monoisotopic (exact) mass is 290 g/mol. The van der Waals surface area contributed by atoms with Crippen LogP contribution in [0.3, 0.4) is 0 Å². The van der Waals surface area contributed by atoms with E-state index in [1.165, 1.54) is 51.4 Å². The predicted molar refractivity (Wildman–Crippen MR) is 87.0 cm³/mol. The van der Waals surface area contributed by atoms with E-state index in [9.17, 15) is 5.11 Å². The lowest BCUT2D eigenvalue weighted by atomic mass is 9.41. The van der Waals surface area contributed by atoms with Crippen LogP contribution >= 0.6 is 0 Å². The van der Waals surface area contributed by atoms with Gasteiger partial charge in [-0.05, 0) is 92.3 Å². The summed E-state index contributed by atoms with van der Waals surface area (Å²) in [5, 5.41) is 10.9. The highest BCUT2D eigenvalue weighted by atomic mass is 16.3. The van der Waals surface area contributed by atoms with E-state index in [2.05, 4.69) is 27.7 Å². The van der Waals surface area contributed by atoms with Gasteiger partial charge in [-0.1, -0.05) is 27.2 Å². The summed E-state index contributed by atoms with van der Waals surface area (Å²) in [6.45, 7) is 9.83. The molecule has 4 aliphatic rings. The van der Waals surface area contributed by atoms with Gasteiger partial charge in [0.25, 0.3) is 0 Å². The van der Waals surface area contributed by atoms with Gasteiger partial charge in [0.15, 0.2) is 0 Å². The standard InChI is InChI=1S/C20H34O/c1-17(2)9-5-10-18(3)15(17)8-11-20-12-14(6-7-16(18)20)19(4,21)13-20/h14-16,21H,5-13H2,1-4H3/t14-,15?,16?,18+,19-,20+/m1/s1. The maximum Gasteiger partial charge on any atom is 0.0653 e. The van der Waals surface area contributed by atoms with E-state index < -0.39 is 0 Å². The van der Waals surface area contributed by atoms with Crippen molar-refractivity contribution in [2.45, 2.75) is 91.1 Å². The van der Waals surface area contributed by atoms with Crippen LogP contribution in [0.4, 0.5) is 0 Å². The van der Waals surface area contributed by atoms with Crippen LogP contribution < -0.4 is 0 Å². The fourth-order valence-corrected chi connectivity index (χ4v) is 8.12. The lowest BCUT2D eigenvalue weighted by Gasteiger charge is -2.64. The SMILES string of the molecule is CC1(C)CCC[C@@]2(C)C1CC[C@@]13C[C@@H](CCC12)[C@](C)(O)C3. The summed E-state index contributed by atoms with van der Waals surface area (Å²) in [5.74, 6) is 2.38. The Kier molecular flexibility index (Phi) is 2.82. The van der Waals surface area contributed by atoms with Gasteiger partial charge in [0.2, 0.25) is 0 Å². The molecule has 120 valence electrons. The molecule has 4 saturated carbocycles. The zero-order chi connectivity index (χ0) is 15.1. The van der Waals surface area contributed by atoms with Gasteiger partial charge in [-0.3, -0.25) is 0 Å². The first-order valence-electron chi connectivity index (χ1n) is 9.42. The molecule has 1 N–H and O–H groups in total. The molecule has 4 aliphatic carbocycles. The Morgan fingerprint density at radius 2 is 1.62 bits per heavy atom. The molecule has 1 spiro atoms. The van der Waals surface area contributed by atoms with Crippen LogP contribution in [0.25, 0.3) is 0 Å². The third-order valence-corrected chi connectivity index (χ3v) is 8.79. The van der Waals surface area contributed by atoms with E-state index in [1.807, 2.05) is 0 Å². The van der Waals surface area contributed by atoms with Gasteiger partial charge in [0.1, 0.15) is 0 Å². The van der Waals surface area contributed by atoms with Gasteiger partial charge in [0, 0.05) is 0 Å². The molecule has 0 radical (unpaired) electrons. The molecule has 0 saturated heterocycles. The second-order valence-corrected chi connectivity index (χ2v) is 10.4. The number of fused-ring (bicyclic) bond motifs is 3. The number of hydrogen-bond donors (Lipinski definition) is 1.